The van der Waals surface area contributed by atoms with Crippen LogP contribution in [0.15, 0.2) is 60.7 Å². The predicted molar refractivity (Wildman–Crippen MR) is 128 cm³/mol. The summed E-state index contributed by atoms with van der Waals surface area (Å²) in [6.45, 7) is 5.29. The summed E-state index contributed by atoms with van der Waals surface area (Å²) in [5.74, 6) is 1.23. The highest BCUT2D eigenvalue weighted by molar-refractivity contribution is 5.94. The summed E-state index contributed by atoms with van der Waals surface area (Å²) < 4.78 is 31.3. The molecule has 176 valence electrons. The lowest BCUT2D eigenvalue weighted by Crippen LogP contribution is -2.32. The normalized spacial score (nSPS) is 17.6. The molecule has 5 rings (SSSR count). The van der Waals surface area contributed by atoms with Crippen molar-refractivity contribution in [3.63, 3.8) is 0 Å². The van der Waals surface area contributed by atoms with E-state index in [2.05, 4.69) is 25.1 Å². The molecule has 6 heteroatoms. The molecule has 3 aromatic rings. The fourth-order valence-electron chi connectivity index (χ4n) is 4.51. The molecule has 2 aliphatic rings. The number of nitrogens with zero attached hydrogens (tertiary/aromatic N) is 1. The molecule has 0 N–H and O–H groups in total. The minimum absolute atomic E-state index is 0.150. The fourth-order valence-corrected chi connectivity index (χ4v) is 4.51. The molecule has 1 saturated heterocycles. The van der Waals surface area contributed by atoms with Crippen molar-refractivity contribution in [2.75, 3.05) is 33.0 Å². The zero-order valence-corrected chi connectivity index (χ0v) is 19.3. The fraction of sp³-hybridized carbons (Fsp3) is 0.321. The van der Waals surface area contributed by atoms with Gasteiger partial charge >= 0.3 is 0 Å². The first-order valence-corrected chi connectivity index (χ1v) is 11.7. The topological polar surface area (TPSA) is 48.0 Å². The Hall–Kier alpha value is -3.38. The summed E-state index contributed by atoms with van der Waals surface area (Å²) in [6.07, 6.45) is 0.987. The van der Waals surface area contributed by atoms with Crippen molar-refractivity contribution in [2.45, 2.75) is 19.9 Å². The van der Waals surface area contributed by atoms with E-state index in [4.69, 9.17) is 14.2 Å². The number of benzene rings is 3. The van der Waals surface area contributed by atoms with Crippen LogP contribution < -0.4 is 9.47 Å². The van der Waals surface area contributed by atoms with Crippen LogP contribution >= 0.6 is 0 Å². The third-order valence-corrected chi connectivity index (χ3v) is 6.43. The molecular formula is C28H28FNO4. The molecule has 2 heterocycles. The summed E-state index contributed by atoms with van der Waals surface area (Å²) in [5, 5.41) is 0. The third-order valence-electron chi connectivity index (χ3n) is 6.43. The summed E-state index contributed by atoms with van der Waals surface area (Å²) in [6, 6.07) is 18.0. The van der Waals surface area contributed by atoms with Crippen LogP contribution in [0, 0.1) is 18.7 Å². The van der Waals surface area contributed by atoms with Gasteiger partial charge in [0.1, 0.15) is 12.4 Å². The van der Waals surface area contributed by atoms with Crippen LogP contribution in [0.4, 0.5) is 4.39 Å². The Morgan fingerprint density at radius 2 is 1.94 bits per heavy atom. The second-order valence-electron chi connectivity index (χ2n) is 8.90. The molecule has 1 amide bonds. The van der Waals surface area contributed by atoms with Gasteiger partial charge in [0.05, 0.1) is 19.8 Å². The smallest absolute Gasteiger partial charge is 0.254 e. The maximum absolute atomic E-state index is 13.4. The minimum atomic E-state index is -0.363. The van der Waals surface area contributed by atoms with E-state index in [0.717, 1.165) is 35.3 Å². The van der Waals surface area contributed by atoms with E-state index in [-0.39, 0.29) is 11.7 Å². The lowest BCUT2D eigenvalue weighted by atomic mass is 9.97. The van der Waals surface area contributed by atoms with Crippen LogP contribution in [0.2, 0.25) is 0 Å². The van der Waals surface area contributed by atoms with Crippen molar-refractivity contribution in [3.8, 4) is 22.6 Å². The summed E-state index contributed by atoms with van der Waals surface area (Å²) in [7, 11) is 0. The summed E-state index contributed by atoms with van der Waals surface area (Å²) >= 11 is 0. The van der Waals surface area contributed by atoms with Crippen molar-refractivity contribution < 1.29 is 23.4 Å². The number of hydrogen-bond donors (Lipinski definition) is 0. The van der Waals surface area contributed by atoms with Gasteiger partial charge in [-0.1, -0.05) is 24.3 Å². The van der Waals surface area contributed by atoms with Gasteiger partial charge in [0.25, 0.3) is 5.91 Å². The zero-order valence-electron chi connectivity index (χ0n) is 19.3. The first kappa shape index (κ1) is 22.4. The van der Waals surface area contributed by atoms with E-state index in [0.29, 0.717) is 55.9 Å². The van der Waals surface area contributed by atoms with Gasteiger partial charge in [0.15, 0.2) is 11.5 Å². The van der Waals surface area contributed by atoms with Crippen LogP contribution in [-0.4, -0.2) is 43.8 Å². The Balaban J connectivity index is 1.49. The van der Waals surface area contributed by atoms with Gasteiger partial charge in [0.2, 0.25) is 0 Å². The van der Waals surface area contributed by atoms with Crippen LogP contribution in [0.25, 0.3) is 11.1 Å². The highest BCUT2D eigenvalue weighted by atomic mass is 19.1. The molecule has 0 radical (unpaired) electrons. The van der Waals surface area contributed by atoms with Gasteiger partial charge in [-0.25, -0.2) is 4.39 Å². The number of amides is 1. The Labute approximate surface area is 199 Å². The van der Waals surface area contributed by atoms with E-state index < -0.39 is 0 Å². The Kier molecular flexibility index (Phi) is 6.50. The highest BCUT2D eigenvalue weighted by Crippen LogP contribution is 2.40. The van der Waals surface area contributed by atoms with Gasteiger partial charge < -0.3 is 19.1 Å². The highest BCUT2D eigenvalue weighted by Gasteiger charge is 2.26. The van der Waals surface area contributed by atoms with Crippen LogP contribution in [0.5, 0.6) is 11.5 Å². The number of rotatable bonds is 5. The summed E-state index contributed by atoms with van der Waals surface area (Å²) in [4.78, 5) is 14.9. The molecule has 0 aliphatic carbocycles. The van der Waals surface area contributed by atoms with Gasteiger partial charge in [0, 0.05) is 30.2 Å². The molecule has 0 saturated carbocycles. The number of carbonyl (C=O) groups is 1. The molecule has 0 spiro atoms. The second-order valence-corrected chi connectivity index (χ2v) is 8.90. The Morgan fingerprint density at radius 1 is 1.12 bits per heavy atom. The molecule has 34 heavy (non-hydrogen) atoms. The quantitative estimate of drug-likeness (QED) is 0.521. The minimum Gasteiger partial charge on any atom is -0.489 e. The van der Waals surface area contributed by atoms with Gasteiger partial charge in [-0.2, -0.15) is 0 Å². The van der Waals surface area contributed by atoms with Crippen molar-refractivity contribution >= 4 is 5.91 Å². The SMILES string of the molecule is Cc1ccccc1-c1cc2c(c(OCC3CCOC3)c1)OCCN(C(=O)c1ccc(F)cc1)C2. The average Bonchev–Trinajstić information content (AvgIpc) is 3.27. The lowest BCUT2D eigenvalue weighted by Gasteiger charge is -2.21. The number of aryl methyl sites for hydroxylation is 1. The lowest BCUT2D eigenvalue weighted by molar-refractivity contribution is 0.0733. The second kappa shape index (κ2) is 9.85. The first-order chi connectivity index (χ1) is 16.6. The number of halogens is 1. The monoisotopic (exact) mass is 461 g/mol. The zero-order chi connectivity index (χ0) is 23.5. The van der Waals surface area contributed by atoms with Gasteiger partial charge in [-0.15, -0.1) is 0 Å². The first-order valence-electron chi connectivity index (χ1n) is 11.7. The van der Waals surface area contributed by atoms with Crippen LogP contribution in [0.3, 0.4) is 0 Å². The van der Waals surface area contributed by atoms with Crippen molar-refractivity contribution in [3.05, 3.63) is 83.2 Å². The third kappa shape index (κ3) is 4.77. The molecule has 2 aliphatic heterocycles. The molecule has 1 atom stereocenters. The number of carbonyl (C=O) groups excluding carboxylic acids is 1. The molecule has 0 aromatic heterocycles. The number of ether oxygens (including phenoxy) is 3. The van der Waals surface area contributed by atoms with Gasteiger partial charge in [-0.05, 0) is 66.4 Å². The molecule has 1 unspecified atom stereocenters. The predicted octanol–water partition coefficient (Wildman–Crippen LogP) is 5.25. The van der Waals surface area contributed by atoms with E-state index >= 15 is 0 Å². The maximum Gasteiger partial charge on any atom is 0.254 e. The number of fused-ring (bicyclic) bond motifs is 1. The standard InChI is InChI=1S/C28H28FNO4/c1-19-4-2-3-5-25(19)22-14-23-16-30(28(31)21-6-8-24(29)9-7-21)11-13-33-27(23)26(15-22)34-18-20-10-12-32-17-20/h2-9,14-15,20H,10-13,16-18H2,1H3. The van der Waals surface area contributed by atoms with Crippen molar-refractivity contribution in [1.29, 1.82) is 0 Å². The maximum atomic E-state index is 13.4. The van der Waals surface area contributed by atoms with Crippen LogP contribution in [-0.2, 0) is 11.3 Å². The van der Waals surface area contributed by atoms with E-state index in [1.54, 1.807) is 4.90 Å². The number of hydrogen-bond acceptors (Lipinski definition) is 4. The van der Waals surface area contributed by atoms with Crippen LogP contribution in [0.1, 0.15) is 27.9 Å². The molecule has 3 aromatic carbocycles. The Bertz CT molecular complexity index is 1170. The van der Waals surface area contributed by atoms with E-state index in [1.807, 2.05) is 18.2 Å². The average molecular weight is 462 g/mol. The van der Waals surface area contributed by atoms with Crippen molar-refractivity contribution in [1.82, 2.24) is 4.90 Å². The van der Waals surface area contributed by atoms with Gasteiger partial charge in [-0.3, -0.25) is 4.79 Å². The van der Waals surface area contributed by atoms with E-state index in [9.17, 15) is 9.18 Å². The molecule has 0 bridgehead atoms. The molecule has 1 fully saturated rings. The largest absolute Gasteiger partial charge is 0.489 e. The van der Waals surface area contributed by atoms with Crippen molar-refractivity contribution in [2.24, 2.45) is 5.92 Å². The molecule has 5 nitrogen and oxygen atoms in total. The Morgan fingerprint density at radius 3 is 2.71 bits per heavy atom. The van der Waals surface area contributed by atoms with E-state index in [1.165, 1.54) is 24.3 Å². The summed E-state index contributed by atoms with van der Waals surface area (Å²) in [5.41, 5.74) is 4.64. The molecular weight excluding hydrogens is 433 g/mol.